The van der Waals surface area contributed by atoms with Gasteiger partial charge in [-0.1, -0.05) is 13.8 Å². The zero-order valence-electron chi connectivity index (χ0n) is 13.2. The Morgan fingerprint density at radius 3 is 2.67 bits per heavy atom. The maximum Gasteiger partial charge on any atom is 0.337 e. The van der Waals surface area contributed by atoms with Crippen molar-refractivity contribution in [1.29, 1.82) is 0 Å². The normalized spacial score (nSPS) is 19.6. The molecule has 4 nitrogen and oxygen atoms in total. The average molecular weight is 290 g/mol. The van der Waals surface area contributed by atoms with Crippen molar-refractivity contribution in [2.75, 3.05) is 23.7 Å². The van der Waals surface area contributed by atoms with Crippen molar-refractivity contribution in [2.45, 2.75) is 40.0 Å². The number of aromatic carboxylic acids is 1. The number of nitrogens with two attached hydrogens (primary N) is 1. The van der Waals surface area contributed by atoms with Crippen LogP contribution in [0, 0.1) is 18.8 Å². The summed E-state index contributed by atoms with van der Waals surface area (Å²) >= 11 is 0. The van der Waals surface area contributed by atoms with Crippen LogP contribution in [0.15, 0.2) is 12.1 Å². The number of nitrogen functional groups attached to an aromatic ring is 1. The molecular weight excluding hydrogens is 264 g/mol. The van der Waals surface area contributed by atoms with E-state index in [1.54, 1.807) is 6.07 Å². The van der Waals surface area contributed by atoms with Crippen LogP contribution in [0.1, 0.15) is 49.0 Å². The lowest BCUT2D eigenvalue weighted by atomic mass is 9.89. The number of nitrogens with zero attached hydrogens (tertiary/aromatic N) is 1. The first-order valence-electron chi connectivity index (χ1n) is 7.78. The summed E-state index contributed by atoms with van der Waals surface area (Å²) in [6.07, 6.45) is 3.59. The third-order valence-corrected chi connectivity index (χ3v) is 4.68. The highest BCUT2D eigenvalue weighted by atomic mass is 16.4. The van der Waals surface area contributed by atoms with Crippen molar-refractivity contribution >= 4 is 17.3 Å². The van der Waals surface area contributed by atoms with Gasteiger partial charge in [-0.2, -0.15) is 0 Å². The van der Waals surface area contributed by atoms with Crippen molar-refractivity contribution in [3.05, 3.63) is 23.3 Å². The summed E-state index contributed by atoms with van der Waals surface area (Å²) in [5.41, 5.74) is 8.30. The molecule has 1 heterocycles. The molecule has 0 bridgehead atoms. The van der Waals surface area contributed by atoms with Gasteiger partial charge in [-0.3, -0.25) is 0 Å². The van der Waals surface area contributed by atoms with Gasteiger partial charge in [0.05, 0.1) is 5.56 Å². The highest BCUT2D eigenvalue weighted by Crippen LogP contribution is 2.30. The van der Waals surface area contributed by atoms with Crippen LogP contribution in [0.5, 0.6) is 0 Å². The molecular formula is C17H26N2O2. The summed E-state index contributed by atoms with van der Waals surface area (Å²) < 4.78 is 0. The van der Waals surface area contributed by atoms with Gasteiger partial charge in [0.1, 0.15) is 0 Å². The van der Waals surface area contributed by atoms with E-state index in [2.05, 4.69) is 18.7 Å². The van der Waals surface area contributed by atoms with E-state index in [1.165, 1.54) is 12.8 Å². The SMILES string of the molecule is Cc1cc(N2CCCC(C(C)C)CC2)cc(C(=O)O)c1N. The Balaban J connectivity index is 2.24. The maximum absolute atomic E-state index is 11.3. The van der Waals surface area contributed by atoms with Crippen LogP contribution in [0.3, 0.4) is 0 Å². The molecule has 1 atom stereocenters. The van der Waals surface area contributed by atoms with Crippen molar-refractivity contribution < 1.29 is 9.90 Å². The number of carboxylic acids is 1. The number of carboxylic acid groups (broad SMARTS) is 1. The highest BCUT2D eigenvalue weighted by Gasteiger charge is 2.21. The van der Waals surface area contributed by atoms with Gasteiger partial charge in [0, 0.05) is 24.5 Å². The van der Waals surface area contributed by atoms with Gasteiger partial charge in [0.15, 0.2) is 0 Å². The molecule has 1 fully saturated rings. The molecule has 0 saturated carbocycles. The van der Waals surface area contributed by atoms with E-state index in [9.17, 15) is 9.90 Å². The molecule has 1 aliphatic rings. The molecule has 0 spiro atoms. The van der Waals surface area contributed by atoms with Gasteiger partial charge in [0.25, 0.3) is 0 Å². The van der Waals surface area contributed by atoms with E-state index in [-0.39, 0.29) is 5.56 Å². The zero-order chi connectivity index (χ0) is 15.6. The Labute approximate surface area is 126 Å². The van der Waals surface area contributed by atoms with Crippen molar-refractivity contribution in [3.8, 4) is 0 Å². The third kappa shape index (κ3) is 3.49. The van der Waals surface area contributed by atoms with Crippen LogP contribution in [0.4, 0.5) is 11.4 Å². The molecule has 116 valence electrons. The van der Waals surface area contributed by atoms with Gasteiger partial charge in [0.2, 0.25) is 0 Å². The van der Waals surface area contributed by atoms with Gasteiger partial charge in [-0.15, -0.1) is 0 Å². The molecule has 3 N–H and O–H groups in total. The molecule has 0 radical (unpaired) electrons. The summed E-state index contributed by atoms with van der Waals surface area (Å²) in [7, 11) is 0. The molecule has 2 rings (SSSR count). The van der Waals surface area contributed by atoms with Crippen molar-refractivity contribution in [3.63, 3.8) is 0 Å². The minimum absolute atomic E-state index is 0.217. The standard InChI is InChI=1S/C17H26N2O2/c1-11(2)13-5-4-7-19(8-6-13)14-9-12(3)16(18)15(10-14)17(20)21/h9-11,13H,4-8,18H2,1-3H3,(H,20,21). The van der Waals surface area contributed by atoms with Gasteiger partial charge >= 0.3 is 5.97 Å². The fourth-order valence-corrected chi connectivity index (χ4v) is 3.19. The molecule has 4 heteroatoms. The molecule has 1 aromatic rings. The summed E-state index contributed by atoms with van der Waals surface area (Å²) in [4.78, 5) is 13.6. The fraction of sp³-hybridized carbons (Fsp3) is 0.588. The molecule has 0 aromatic heterocycles. The lowest BCUT2D eigenvalue weighted by Crippen LogP contribution is -2.25. The number of carbonyl (C=O) groups is 1. The predicted molar refractivity (Wildman–Crippen MR) is 86.9 cm³/mol. The van der Waals surface area contributed by atoms with E-state index in [0.717, 1.165) is 36.7 Å². The third-order valence-electron chi connectivity index (χ3n) is 4.68. The number of anilines is 2. The van der Waals surface area contributed by atoms with Crippen LogP contribution in [-0.2, 0) is 0 Å². The Kier molecular flexibility index (Phi) is 4.76. The summed E-state index contributed by atoms with van der Waals surface area (Å²) in [5, 5.41) is 9.28. The maximum atomic E-state index is 11.3. The van der Waals surface area contributed by atoms with Crippen LogP contribution in [-0.4, -0.2) is 24.2 Å². The predicted octanol–water partition coefficient (Wildman–Crippen LogP) is 3.54. The lowest BCUT2D eigenvalue weighted by Gasteiger charge is -2.25. The summed E-state index contributed by atoms with van der Waals surface area (Å²) in [6, 6.07) is 3.73. The number of hydrogen-bond donors (Lipinski definition) is 2. The van der Waals surface area contributed by atoms with Crippen molar-refractivity contribution in [1.82, 2.24) is 0 Å². The number of aryl methyl sites for hydroxylation is 1. The summed E-state index contributed by atoms with van der Waals surface area (Å²) in [5.74, 6) is 0.531. The fourth-order valence-electron chi connectivity index (χ4n) is 3.19. The monoisotopic (exact) mass is 290 g/mol. The number of hydrogen-bond acceptors (Lipinski definition) is 3. The minimum Gasteiger partial charge on any atom is -0.478 e. The van der Waals surface area contributed by atoms with Gasteiger partial charge < -0.3 is 15.7 Å². The Morgan fingerprint density at radius 1 is 1.33 bits per heavy atom. The second-order valence-corrected chi connectivity index (χ2v) is 6.45. The van der Waals surface area contributed by atoms with E-state index in [4.69, 9.17) is 5.73 Å². The van der Waals surface area contributed by atoms with E-state index >= 15 is 0 Å². The van der Waals surface area contributed by atoms with Crippen LogP contribution in [0.25, 0.3) is 0 Å². The summed E-state index contributed by atoms with van der Waals surface area (Å²) in [6.45, 7) is 8.43. The first kappa shape index (κ1) is 15.7. The minimum atomic E-state index is -0.952. The van der Waals surface area contributed by atoms with Crippen molar-refractivity contribution in [2.24, 2.45) is 11.8 Å². The van der Waals surface area contributed by atoms with Gasteiger partial charge in [-0.25, -0.2) is 4.79 Å². The molecule has 1 aliphatic heterocycles. The first-order valence-corrected chi connectivity index (χ1v) is 7.78. The van der Waals surface area contributed by atoms with Gasteiger partial charge in [-0.05, 0) is 55.7 Å². The molecule has 21 heavy (non-hydrogen) atoms. The van der Waals surface area contributed by atoms with Crippen LogP contribution in [0.2, 0.25) is 0 Å². The van der Waals surface area contributed by atoms with E-state index in [1.807, 2.05) is 13.0 Å². The van der Waals surface area contributed by atoms with E-state index < -0.39 is 5.97 Å². The van der Waals surface area contributed by atoms with Crippen LogP contribution >= 0.6 is 0 Å². The van der Waals surface area contributed by atoms with E-state index in [0.29, 0.717) is 11.6 Å². The average Bonchev–Trinajstić information content (AvgIpc) is 2.67. The Bertz CT molecular complexity index is 526. The molecule has 0 amide bonds. The Hall–Kier alpha value is -1.71. The molecule has 1 saturated heterocycles. The second-order valence-electron chi connectivity index (χ2n) is 6.45. The molecule has 0 aliphatic carbocycles. The Morgan fingerprint density at radius 2 is 2.05 bits per heavy atom. The highest BCUT2D eigenvalue weighted by molar-refractivity contribution is 5.95. The lowest BCUT2D eigenvalue weighted by molar-refractivity contribution is 0.0698. The molecule has 1 unspecified atom stereocenters. The second kappa shape index (κ2) is 6.37. The largest absolute Gasteiger partial charge is 0.478 e. The zero-order valence-corrected chi connectivity index (χ0v) is 13.2. The number of benzene rings is 1. The van der Waals surface area contributed by atoms with Crippen LogP contribution < -0.4 is 10.6 Å². The quantitative estimate of drug-likeness (QED) is 0.836. The smallest absolute Gasteiger partial charge is 0.337 e. The molecule has 1 aromatic carbocycles. The topological polar surface area (TPSA) is 66.6 Å². The number of rotatable bonds is 3. The first-order chi connectivity index (χ1) is 9.90.